The van der Waals surface area contributed by atoms with Crippen LogP contribution >= 0.6 is 35.0 Å². The van der Waals surface area contributed by atoms with Gasteiger partial charge in [0.2, 0.25) is 11.8 Å². The zero-order valence-corrected chi connectivity index (χ0v) is 12.3. The van der Waals surface area contributed by atoms with Crippen LogP contribution in [0.2, 0.25) is 10.0 Å². The molecule has 0 aromatic heterocycles. The average Bonchev–Trinajstić information content (AvgIpc) is 2.63. The molecule has 5 nitrogen and oxygen atoms in total. The van der Waals surface area contributed by atoms with Gasteiger partial charge in [-0.05, 0) is 18.2 Å². The molecule has 20 heavy (non-hydrogen) atoms. The summed E-state index contributed by atoms with van der Waals surface area (Å²) in [6.45, 7) is 0. The minimum Gasteiger partial charge on any atom is -0.481 e. The second-order valence-electron chi connectivity index (χ2n) is 4.06. The Balaban J connectivity index is 2.22. The molecule has 0 aliphatic carbocycles. The lowest BCUT2D eigenvalue weighted by Crippen LogP contribution is -2.31. The van der Waals surface area contributed by atoms with Crippen LogP contribution in [0.15, 0.2) is 18.2 Å². The van der Waals surface area contributed by atoms with Gasteiger partial charge in [0.1, 0.15) is 0 Å². The van der Waals surface area contributed by atoms with Crippen molar-refractivity contribution in [1.29, 1.82) is 0 Å². The summed E-state index contributed by atoms with van der Waals surface area (Å²) in [5.74, 6) is -2.11. The molecule has 2 rings (SSSR count). The molecule has 1 saturated heterocycles. The highest BCUT2D eigenvalue weighted by Crippen LogP contribution is 2.35. The molecular formula is C12H9Cl2NO4S. The van der Waals surface area contributed by atoms with Gasteiger partial charge in [-0.1, -0.05) is 23.2 Å². The molecule has 1 aliphatic rings. The Hall–Kier alpha value is -1.24. The van der Waals surface area contributed by atoms with Crippen LogP contribution in [0.25, 0.3) is 0 Å². The number of halogens is 2. The zero-order chi connectivity index (χ0) is 14.9. The van der Waals surface area contributed by atoms with Crippen LogP contribution in [0, 0.1) is 0 Å². The van der Waals surface area contributed by atoms with Gasteiger partial charge in [0.15, 0.2) is 0 Å². The van der Waals surface area contributed by atoms with Gasteiger partial charge in [-0.3, -0.25) is 14.4 Å². The quantitative estimate of drug-likeness (QED) is 0.856. The van der Waals surface area contributed by atoms with E-state index in [1.165, 1.54) is 18.2 Å². The third kappa shape index (κ3) is 3.08. The average molecular weight is 334 g/mol. The van der Waals surface area contributed by atoms with E-state index in [1.54, 1.807) is 0 Å². The topological polar surface area (TPSA) is 74.7 Å². The maximum Gasteiger partial charge on any atom is 0.313 e. The number of anilines is 1. The normalized spacial score (nSPS) is 18.7. The third-order valence-corrected chi connectivity index (χ3v) is 4.39. The molecule has 0 saturated carbocycles. The van der Waals surface area contributed by atoms with E-state index in [0.717, 1.165) is 16.7 Å². The lowest BCUT2D eigenvalue weighted by molar-refractivity contribution is -0.134. The molecule has 0 radical (unpaired) electrons. The first kappa shape index (κ1) is 15.2. The Morgan fingerprint density at radius 2 is 2.10 bits per heavy atom. The molecule has 1 aliphatic heterocycles. The van der Waals surface area contributed by atoms with Gasteiger partial charge in [-0.25, -0.2) is 4.90 Å². The van der Waals surface area contributed by atoms with Crippen molar-refractivity contribution in [2.24, 2.45) is 0 Å². The number of amides is 2. The van der Waals surface area contributed by atoms with E-state index in [9.17, 15) is 14.4 Å². The number of aliphatic carboxylic acids is 1. The number of carboxylic acid groups (broad SMARTS) is 1. The molecule has 1 aromatic rings. The molecule has 1 heterocycles. The fraction of sp³-hybridized carbons (Fsp3) is 0.250. The Labute approximate surface area is 128 Å². The number of carbonyl (C=O) groups excluding carboxylic acids is 2. The van der Waals surface area contributed by atoms with Gasteiger partial charge < -0.3 is 5.11 Å². The van der Waals surface area contributed by atoms with Gasteiger partial charge in [-0.2, -0.15) is 0 Å². The Morgan fingerprint density at radius 3 is 2.70 bits per heavy atom. The number of hydrogen-bond acceptors (Lipinski definition) is 4. The first-order valence-corrected chi connectivity index (χ1v) is 7.36. The first-order valence-electron chi connectivity index (χ1n) is 5.55. The highest BCUT2D eigenvalue weighted by atomic mass is 35.5. The molecule has 0 bridgehead atoms. The highest BCUT2D eigenvalue weighted by molar-refractivity contribution is 8.01. The van der Waals surface area contributed by atoms with Crippen molar-refractivity contribution in [1.82, 2.24) is 0 Å². The fourth-order valence-electron chi connectivity index (χ4n) is 1.82. The number of carbonyl (C=O) groups is 3. The summed E-state index contributed by atoms with van der Waals surface area (Å²) >= 11 is 12.7. The lowest BCUT2D eigenvalue weighted by atomic mass is 10.3. The van der Waals surface area contributed by atoms with Crippen molar-refractivity contribution in [3.8, 4) is 0 Å². The first-order chi connectivity index (χ1) is 9.40. The van der Waals surface area contributed by atoms with Crippen LogP contribution in [-0.2, 0) is 14.4 Å². The van der Waals surface area contributed by atoms with Gasteiger partial charge in [0, 0.05) is 11.4 Å². The van der Waals surface area contributed by atoms with Gasteiger partial charge in [0.05, 0.1) is 21.7 Å². The second-order valence-corrected chi connectivity index (χ2v) is 6.10. The second kappa shape index (κ2) is 6.03. The molecule has 106 valence electrons. The van der Waals surface area contributed by atoms with Crippen LogP contribution in [0.1, 0.15) is 6.42 Å². The molecule has 2 amide bonds. The van der Waals surface area contributed by atoms with Crippen LogP contribution in [0.3, 0.4) is 0 Å². The van der Waals surface area contributed by atoms with Crippen LogP contribution in [0.4, 0.5) is 5.69 Å². The predicted molar refractivity (Wildman–Crippen MR) is 77.5 cm³/mol. The summed E-state index contributed by atoms with van der Waals surface area (Å²) in [5, 5.41) is 8.52. The predicted octanol–water partition coefficient (Wildman–Crippen LogP) is 2.44. The van der Waals surface area contributed by atoms with Crippen molar-refractivity contribution < 1.29 is 19.5 Å². The summed E-state index contributed by atoms with van der Waals surface area (Å²) < 4.78 is 0. The smallest absolute Gasteiger partial charge is 0.313 e. The van der Waals surface area contributed by atoms with Gasteiger partial charge >= 0.3 is 5.97 Å². The number of imide groups is 1. The summed E-state index contributed by atoms with van der Waals surface area (Å²) in [6.07, 6.45) is -0.0320. The minimum atomic E-state index is -1.03. The largest absolute Gasteiger partial charge is 0.481 e. The van der Waals surface area contributed by atoms with Crippen LogP contribution in [-0.4, -0.2) is 33.9 Å². The SMILES string of the molecule is O=C(O)CS[C@H]1CC(=O)N(c2ccc(Cl)cc2Cl)C1=O. The Morgan fingerprint density at radius 1 is 1.40 bits per heavy atom. The lowest BCUT2D eigenvalue weighted by Gasteiger charge is -2.16. The number of hydrogen-bond donors (Lipinski definition) is 1. The van der Waals surface area contributed by atoms with E-state index < -0.39 is 23.0 Å². The summed E-state index contributed by atoms with van der Waals surface area (Å²) in [5.41, 5.74) is 0.268. The molecule has 0 unspecified atom stereocenters. The van der Waals surface area contributed by atoms with Crippen molar-refractivity contribution in [3.63, 3.8) is 0 Å². The standard InChI is InChI=1S/C12H9Cl2NO4S/c13-6-1-2-8(7(14)3-6)15-10(16)4-9(12(15)19)20-5-11(17)18/h1-3,9H,4-5H2,(H,17,18)/t9-/m0/s1. The number of carboxylic acids is 1. The van der Waals surface area contributed by atoms with Crippen molar-refractivity contribution >= 4 is 58.4 Å². The van der Waals surface area contributed by atoms with Crippen molar-refractivity contribution in [2.75, 3.05) is 10.7 Å². The van der Waals surface area contributed by atoms with Gasteiger partial charge in [0.25, 0.3) is 0 Å². The van der Waals surface area contributed by atoms with E-state index in [1.807, 2.05) is 0 Å². The number of nitrogens with zero attached hydrogens (tertiary/aromatic N) is 1. The van der Waals surface area contributed by atoms with Crippen molar-refractivity contribution in [2.45, 2.75) is 11.7 Å². The molecule has 1 fully saturated rings. The number of benzene rings is 1. The molecule has 1 atom stereocenters. The molecular weight excluding hydrogens is 325 g/mol. The summed E-state index contributed by atoms with van der Waals surface area (Å²) in [7, 11) is 0. The Bertz CT molecular complexity index is 593. The number of rotatable bonds is 4. The molecule has 1 N–H and O–H groups in total. The van der Waals surface area contributed by atoms with E-state index >= 15 is 0 Å². The van der Waals surface area contributed by atoms with E-state index in [-0.39, 0.29) is 22.9 Å². The maximum atomic E-state index is 12.2. The summed E-state index contributed by atoms with van der Waals surface area (Å²) in [4.78, 5) is 35.6. The maximum absolute atomic E-state index is 12.2. The van der Waals surface area contributed by atoms with E-state index in [0.29, 0.717) is 5.02 Å². The zero-order valence-electron chi connectivity index (χ0n) is 10.0. The Kier molecular flexibility index (Phi) is 4.57. The fourth-order valence-corrected chi connectivity index (χ4v) is 3.17. The van der Waals surface area contributed by atoms with Crippen LogP contribution < -0.4 is 4.90 Å². The molecule has 8 heteroatoms. The third-order valence-electron chi connectivity index (χ3n) is 2.66. The van der Waals surface area contributed by atoms with Crippen molar-refractivity contribution in [3.05, 3.63) is 28.2 Å². The highest BCUT2D eigenvalue weighted by Gasteiger charge is 2.40. The minimum absolute atomic E-state index is 0.0320. The van der Waals surface area contributed by atoms with E-state index in [4.69, 9.17) is 28.3 Å². The monoisotopic (exact) mass is 333 g/mol. The van der Waals surface area contributed by atoms with E-state index in [2.05, 4.69) is 0 Å². The number of thioether (sulfide) groups is 1. The van der Waals surface area contributed by atoms with Gasteiger partial charge in [-0.15, -0.1) is 11.8 Å². The molecule has 1 aromatic carbocycles. The summed E-state index contributed by atoms with van der Waals surface area (Å²) in [6, 6.07) is 4.46. The molecule has 0 spiro atoms. The van der Waals surface area contributed by atoms with Crippen LogP contribution in [0.5, 0.6) is 0 Å².